The molecule has 2 aliphatic rings. The quantitative estimate of drug-likeness (QED) is 0.869. The molecule has 1 saturated heterocycles. The van der Waals surface area contributed by atoms with Crippen LogP contribution in [0.15, 0.2) is 29.2 Å². The Balaban J connectivity index is 2.02. The van der Waals surface area contributed by atoms with E-state index in [2.05, 4.69) is 5.32 Å². The van der Waals surface area contributed by atoms with E-state index in [1.807, 2.05) is 37.4 Å². The Labute approximate surface area is 129 Å². The summed E-state index contributed by atoms with van der Waals surface area (Å²) in [5, 5.41) is 2.93. The number of nitrogens with one attached hydrogen (secondary N) is 1. The molecule has 0 aromatic heterocycles. The van der Waals surface area contributed by atoms with Gasteiger partial charge in [0.25, 0.3) is 5.91 Å². The Morgan fingerprint density at radius 1 is 1.29 bits per heavy atom. The molecular weight excluding hydrogens is 284 g/mol. The summed E-state index contributed by atoms with van der Waals surface area (Å²) < 4.78 is 0. The lowest BCUT2D eigenvalue weighted by atomic mass is 10.0. The van der Waals surface area contributed by atoms with E-state index in [1.165, 1.54) is 0 Å². The standard InChI is InChI=1S/C16H20N2O2S/c1-3-11-15(19)17-14(10-8-9-10)16(20)18(11)12-6-4-5-7-13(12)21-2/h4-7,10-11,14H,3,8-9H2,1-2H3,(H,17,19). The topological polar surface area (TPSA) is 49.4 Å². The largest absolute Gasteiger partial charge is 0.342 e. The van der Waals surface area contributed by atoms with Crippen molar-refractivity contribution in [3.8, 4) is 0 Å². The lowest BCUT2D eigenvalue weighted by Crippen LogP contribution is -2.64. The first-order valence-electron chi connectivity index (χ1n) is 7.43. The molecule has 4 nitrogen and oxygen atoms in total. The fraction of sp³-hybridized carbons (Fsp3) is 0.500. The molecule has 2 unspecified atom stereocenters. The fourth-order valence-electron chi connectivity index (χ4n) is 2.96. The molecule has 1 N–H and O–H groups in total. The van der Waals surface area contributed by atoms with Crippen LogP contribution >= 0.6 is 11.8 Å². The summed E-state index contributed by atoms with van der Waals surface area (Å²) in [5.74, 6) is 0.346. The molecule has 1 aliphatic carbocycles. The SMILES string of the molecule is CCC1C(=O)NC(C2CC2)C(=O)N1c1ccccc1SC. The number of anilines is 1. The second-order valence-electron chi connectivity index (χ2n) is 5.63. The van der Waals surface area contributed by atoms with Crippen molar-refractivity contribution in [2.24, 2.45) is 5.92 Å². The van der Waals surface area contributed by atoms with Crippen LogP contribution in [0.25, 0.3) is 0 Å². The second kappa shape index (κ2) is 5.72. The first-order valence-corrected chi connectivity index (χ1v) is 8.66. The third-order valence-corrected chi connectivity index (χ3v) is 5.03. The van der Waals surface area contributed by atoms with Crippen molar-refractivity contribution in [2.75, 3.05) is 11.2 Å². The van der Waals surface area contributed by atoms with Gasteiger partial charge in [-0.25, -0.2) is 0 Å². The van der Waals surface area contributed by atoms with E-state index in [0.29, 0.717) is 12.3 Å². The van der Waals surface area contributed by atoms with Crippen molar-refractivity contribution in [1.82, 2.24) is 5.32 Å². The maximum Gasteiger partial charge on any atom is 0.250 e. The number of nitrogens with zero attached hydrogens (tertiary/aromatic N) is 1. The monoisotopic (exact) mass is 304 g/mol. The van der Waals surface area contributed by atoms with Gasteiger partial charge in [0, 0.05) is 4.90 Å². The van der Waals surface area contributed by atoms with Gasteiger partial charge in [-0.1, -0.05) is 19.1 Å². The van der Waals surface area contributed by atoms with Crippen LogP contribution in [0.2, 0.25) is 0 Å². The molecule has 2 atom stereocenters. The molecule has 1 aliphatic heterocycles. The molecule has 5 heteroatoms. The van der Waals surface area contributed by atoms with Gasteiger partial charge in [-0.05, 0) is 43.6 Å². The Kier molecular flexibility index (Phi) is 3.93. The molecule has 0 spiro atoms. The minimum atomic E-state index is -0.402. The van der Waals surface area contributed by atoms with Crippen molar-refractivity contribution in [3.05, 3.63) is 24.3 Å². The Morgan fingerprint density at radius 3 is 2.62 bits per heavy atom. The zero-order valence-electron chi connectivity index (χ0n) is 12.3. The number of thioether (sulfide) groups is 1. The third kappa shape index (κ3) is 2.55. The van der Waals surface area contributed by atoms with Gasteiger partial charge in [0.15, 0.2) is 0 Å². The fourth-order valence-corrected chi connectivity index (χ4v) is 3.55. The normalized spacial score (nSPS) is 25.9. The van der Waals surface area contributed by atoms with Crippen molar-refractivity contribution < 1.29 is 9.59 Å². The number of hydrogen-bond donors (Lipinski definition) is 1. The van der Waals surface area contributed by atoms with Crippen LogP contribution in [-0.2, 0) is 9.59 Å². The molecule has 2 fully saturated rings. The second-order valence-corrected chi connectivity index (χ2v) is 6.48. The van der Waals surface area contributed by atoms with Crippen LogP contribution in [-0.4, -0.2) is 30.2 Å². The molecule has 0 radical (unpaired) electrons. The smallest absolute Gasteiger partial charge is 0.250 e. The highest BCUT2D eigenvalue weighted by atomic mass is 32.2. The number of piperazine rings is 1. The summed E-state index contributed by atoms with van der Waals surface area (Å²) in [7, 11) is 0. The molecule has 21 heavy (non-hydrogen) atoms. The third-order valence-electron chi connectivity index (χ3n) is 4.24. The van der Waals surface area contributed by atoms with E-state index < -0.39 is 6.04 Å². The van der Waals surface area contributed by atoms with E-state index >= 15 is 0 Å². The predicted molar refractivity (Wildman–Crippen MR) is 84.4 cm³/mol. The van der Waals surface area contributed by atoms with Crippen LogP contribution in [0.1, 0.15) is 26.2 Å². The van der Waals surface area contributed by atoms with Gasteiger partial charge < -0.3 is 5.32 Å². The Morgan fingerprint density at radius 2 is 2.00 bits per heavy atom. The van der Waals surface area contributed by atoms with E-state index in [-0.39, 0.29) is 17.9 Å². The summed E-state index contributed by atoms with van der Waals surface area (Å²) in [6, 6.07) is 7.08. The van der Waals surface area contributed by atoms with Crippen LogP contribution in [0, 0.1) is 5.92 Å². The number of para-hydroxylation sites is 1. The van der Waals surface area contributed by atoms with Crippen molar-refractivity contribution in [1.29, 1.82) is 0 Å². The molecule has 112 valence electrons. The number of carbonyl (C=O) groups is 2. The van der Waals surface area contributed by atoms with Gasteiger partial charge in [-0.2, -0.15) is 0 Å². The molecule has 0 bridgehead atoms. The van der Waals surface area contributed by atoms with Gasteiger partial charge in [0.2, 0.25) is 5.91 Å². The average Bonchev–Trinajstić information content (AvgIpc) is 3.33. The lowest BCUT2D eigenvalue weighted by Gasteiger charge is -2.39. The molecule has 1 saturated carbocycles. The van der Waals surface area contributed by atoms with E-state index in [4.69, 9.17) is 0 Å². The highest BCUT2D eigenvalue weighted by Crippen LogP contribution is 2.38. The number of benzene rings is 1. The first kappa shape index (κ1) is 14.4. The molecule has 1 heterocycles. The molecule has 2 amide bonds. The number of carbonyl (C=O) groups excluding carboxylic acids is 2. The van der Waals surface area contributed by atoms with Crippen LogP contribution < -0.4 is 10.2 Å². The van der Waals surface area contributed by atoms with Gasteiger partial charge >= 0.3 is 0 Å². The molecule has 1 aromatic rings. The van der Waals surface area contributed by atoms with Gasteiger partial charge in [0.1, 0.15) is 12.1 Å². The number of amides is 2. The highest BCUT2D eigenvalue weighted by molar-refractivity contribution is 7.98. The maximum atomic E-state index is 12.9. The summed E-state index contributed by atoms with van der Waals surface area (Å²) in [6.45, 7) is 1.95. The molecule has 3 rings (SSSR count). The number of rotatable bonds is 4. The summed E-state index contributed by atoms with van der Waals surface area (Å²) in [4.78, 5) is 28.0. The minimum absolute atomic E-state index is 0.0232. The summed E-state index contributed by atoms with van der Waals surface area (Å²) in [5.41, 5.74) is 0.863. The van der Waals surface area contributed by atoms with Gasteiger partial charge in [-0.15, -0.1) is 11.8 Å². The van der Waals surface area contributed by atoms with Gasteiger partial charge in [-0.3, -0.25) is 14.5 Å². The number of hydrogen-bond acceptors (Lipinski definition) is 3. The lowest BCUT2D eigenvalue weighted by molar-refractivity contribution is -0.134. The first-order chi connectivity index (χ1) is 10.2. The molecule has 1 aromatic carbocycles. The summed E-state index contributed by atoms with van der Waals surface area (Å²) >= 11 is 1.60. The van der Waals surface area contributed by atoms with Crippen molar-refractivity contribution in [2.45, 2.75) is 43.2 Å². The zero-order chi connectivity index (χ0) is 15.0. The van der Waals surface area contributed by atoms with E-state index in [9.17, 15) is 9.59 Å². The van der Waals surface area contributed by atoms with Crippen LogP contribution in [0.4, 0.5) is 5.69 Å². The van der Waals surface area contributed by atoms with Crippen molar-refractivity contribution >= 4 is 29.3 Å². The van der Waals surface area contributed by atoms with E-state index in [0.717, 1.165) is 23.4 Å². The maximum absolute atomic E-state index is 12.9. The van der Waals surface area contributed by atoms with Crippen LogP contribution in [0.5, 0.6) is 0 Å². The average molecular weight is 304 g/mol. The van der Waals surface area contributed by atoms with Crippen LogP contribution in [0.3, 0.4) is 0 Å². The minimum Gasteiger partial charge on any atom is -0.342 e. The zero-order valence-corrected chi connectivity index (χ0v) is 13.2. The molecular formula is C16H20N2O2S. The van der Waals surface area contributed by atoms with Gasteiger partial charge in [0.05, 0.1) is 5.69 Å². The van der Waals surface area contributed by atoms with Crippen molar-refractivity contribution in [3.63, 3.8) is 0 Å². The Bertz CT molecular complexity index is 571. The highest BCUT2D eigenvalue weighted by Gasteiger charge is 2.47. The predicted octanol–water partition coefficient (Wildman–Crippen LogP) is 2.43. The van der Waals surface area contributed by atoms with E-state index in [1.54, 1.807) is 16.7 Å². The Hall–Kier alpha value is -1.49. The summed E-state index contributed by atoms with van der Waals surface area (Å²) in [6.07, 6.45) is 4.68.